The molecule has 86 valence electrons. The maximum Gasteiger partial charge on any atom is 0.111 e. The number of aromatic nitrogens is 2. The summed E-state index contributed by atoms with van der Waals surface area (Å²) in [5.74, 6) is 1.00. The molecular formula is C12H22N2O. The Morgan fingerprint density at radius 1 is 1.33 bits per heavy atom. The predicted octanol–water partition coefficient (Wildman–Crippen LogP) is 2.39. The zero-order valence-electron chi connectivity index (χ0n) is 10.0. The minimum Gasteiger partial charge on any atom is -0.389 e. The summed E-state index contributed by atoms with van der Waals surface area (Å²) in [6.07, 6.45) is 7.12. The first-order chi connectivity index (χ1) is 7.15. The molecule has 0 saturated carbocycles. The summed E-state index contributed by atoms with van der Waals surface area (Å²) in [6, 6.07) is 0. The maximum absolute atomic E-state index is 10.2. The second-order valence-corrected chi connectivity index (χ2v) is 4.15. The molecule has 3 heteroatoms. The van der Waals surface area contributed by atoms with Gasteiger partial charge in [-0.15, -0.1) is 0 Å². The SMILES string of the molecule is CCCn1ccnc1CC(O)(CC)CC. The van der Waals surface area contributed by atoms with E-state index in [0.717, 1.165) is 31.6 Å². The monoisotopic (exact) mass is 210 g/mol. The van der Waals surface area contributed by atoms with Crippen molar-refractivity contribution in [3.8, 4) is 0 Å². The Labute approximate surface area is 92.1 Å². The van der Waals surface area contributed by atoms with E-state index in [1.807, 2.05) is 26.2 Å². The fourth-order valence-corrected chi connectivity index (χ4v) is 1.75. The zero-order valence-corrected chi connectivity index (χ0v) is 10.0. The standard InChI is InChI=1S/C12H22N2O/c1-4-8-14-9-7-13-11(14)10-12(15,5-2)6-3/h7,9,15H,4-6,8,10H2,1-3H3. The molecule has 1 aromatic heterocycles. The van der Waals surface area contributed by atoms with Gasteiger partial charge in [0.2, 0.25) is 0 Å². The highest BCUT2D eigenvalue weighted by Gasteiger charge is 2.24. The molecule has 0 spiro atoms. The highest BCUT2D eigenvalue weighted by molar-refractivity contribution is 4.98. The number of hydrogen-bond acceptors (Lipinski definition) is 2. The minimum absolute atomic E-state index is 0.586. The first-order valence-corrected chi connectivity index (χ1v) is 5.87. The fraction of sp³-hybridized carbons (Fsp3) is 0.750. The number of imidazole rings is 1. The molecule has 1 aromatic rings. The van der Waals surface area contributed by atoms with Gasteiger partial charge in [0.15, 0.2) is 0 Å². The number of hydrogen-bond donors (Lipinski definition) is 1. The van der Waals surface area contributed by atoms with E-state index in [4.69, 9.17) is 0 Å². The van der Waals surface area contributed by atoms with Crippen LogP contribution in [0.1, 0.15) is 45.9 Å². The third-order valence-electron chi connectivity index (χ3n) is 3.07. The van der Waals surface area contributed by atoms with Gasteiger partial charge in [-0.05, 0) is 19.3 Å². The van der Waals surface area contributed by atoms with Crippen molar-refractivity contribution in [2.24, 2.45) is 0 Å². The molecule has 0 aromatic carbocycles. The lowest BCUT2D eigenvalue weighted by atomic mass is 9.93. The summed E-state index contributed by atoms with van der Waals surface area (Å²) in [7, 11) is 0. The molecule has 15 heavy (non-hydrogen) atoms. The van der Waals surface area contributed by atoms with Gasteiger partial charge in [-0.1, -0.05) is 20.8 Å². The molecule has 1 rings (SSSR count). The molecule has 0 radical (unpaired) electrons. The van der Waals surface area contributed by atoms with Crippen LogP contribution in [0.15, 0.2) is 12.4 Å². The smallest absolute Gasteiger partial charge is 0.111 e. The van der Waals surface area contributed by atoms with E-state index < -0.39 is 5.60 Å². The summed E-state index contributed by atoms with van der Waals surface area (Å²) in [5.41, 5.74) is -0.586. The average Bonchev–Trinajstić information content (AvgIpc) is 2.66. The third-order valence-corrected chi connectivity index (χ3v) is 3.07. The van der Waals surface area contributed by atoms with Gasteiger partial charge in [-0.2, -0.15) is 0 Å². The van der Waals surface area contributed by atoms with E-state index in [-0.39, 0.29) is 0 Å². The first-order valence-electron chi connectivity index (χ1n) is 5.87. The second-order valence-electron chi connectivity index (χ2n) is 4.15. The van der Waals surface area contributed by atoms with Gasteiger partial charge in [0.1, 0.15) is 5.82 Å². The van der Waals surface area contributed by atoms with Crippen LogP contribution < -0.4 is 0 Å². The van der Waals surface area contributed by atoms with Crippen molar-refractivity contribution in [3.05, 3.63) is 18.2 Å². The Kier molecular flexibility index (Phi) is 4.33. The molecule has 0 amide bonds. The van der Waals surface area contributed by atoms with Gasteiger partial charge in [0, 0.05) is 25.4 Å². The van der Waals surface area contributed by atoms with Gasteiger partial charge >= 0.3 is 0 Å². The Morgan fingerprint density at radius 3 is 2.53 bits per heavy atom. The van der Waals surface area contributed by atoms with Crippen LogP contribution in [0.5, 0.6) is 0 Å². The van der Waals surface area contributed by atoms with E-state index in [9.17, 15) is 5.11 Å². The molecule has 1 N–H and O–H groups in total. The van der Waals surface area contributed by atoms with Gasteiger partial charge in [0.25, 0.3) is 0 Å². The lowest BCUT2D eigenvalue weighted by Crippen LogP contribution is -2.31. The van der Waals surface area contributed by atoms with Crippen LogP contribution in [0, 0.1) is 0 Å². The number of rotatable bonds is 6. The summed E-state index contributed by atoms with van der Waals surface area (Å²) in [5, 5.41) is 10.2. The van der Waals surface area contributed by atoms with Crippen LogP contribution in [0.4, 0.5) is 0 Å². The summed E-state index contributed by atoms with van der Waals surface area (Å²) < 4.78 is 2.14. The topological polar surface area (TPSA) is 38.0 Å². The molecule has 0 aliphatic carbocycles. The van der Waals surface area contributed by atoms with Crippen LogP contribution in [0.2, 0.25) is 0 Å². The van der Waals surface area contributed by atoms with Crippen LogP contribution in [-0.2, 0) is 13.0 Å². The number of nitrogens with zero attached hydrogens (tertiary/aromatic N) is 2. The number of aryl methyl sites for hydroxylation is 1. The Morgan fingerprint density at radius 2 is 2.00 bits per heavy atom. The van der Waals surface area contributed by atoms with Crippen molar-refractivity contribution < 1.29 is 5.11 Å². The van der Waals surface area contributed by atoms with E-state index in [1.54, 1.807) is 0 Å². The van der Waals surface area contributed by atoms with E-state index >= 15 is 0 Å². The van der Waals surface area contributed by atoms with Crippen LogP contribution in [-0.4, -0.2) is 20.3 Å². The van der Waals surface area contributed by atoms with Gasteiger partial charge in [-0.3, -0.25) is 0 Å². The van der Waals surface area contributed by atoms with Gasteiger partial charge < -0.3 is 9.67 Å². The second kappa shape index (κ2) is 5.31. The molecule has 0 bridgehead atoms. The zero-order chi connectivity index (χ0) is 11.3. The Balaban J connectivity index is 2.74. The summed E-state index contributed by atoms with van der Waals surface area (Å²) in [6.45, 7) is 7.18. The van der Waals surface area contributed by atoms with Crippen molar-refractivity contribution >= 4 is 0 Å². The molecule has 0 saturated heterocycles. The van der Waals surface area contributed by atoms with Crippen molar-refractivity contribution in [2.75, 3.05) is 0 Å². The van der Waals surface area contributed by atoms with E-state index in [2.05, 4.69) is 16.5 Å². The Bertz CT molecular complexity index is 290. The summed E-state index contributed by atoms with van der Waals surface area (Å²) in [4.78, 5) is 4.32. The lowest BCUT2D eigenvalue weighted by molar-refractivity contribution is 0.0299. The van der Waals surface area contributed by atoms with E-state index in [1.165, 1.54) is 0 Å². The lowest BCUT2D eigenvalue weighted by Gasteiger charge is -2.25. The molecule has 0 unspecified atom stereocenters. The van der Waals surface area contributed by atoms with Crippen molar-refractivity contribution in [3.63, 3.8) is 0 Å². The van der Waals surface area contributed by atoms with Crippen molar-refractivity contribution in [2.45, 2.75) is 58.6 Å². The van der Waals surface area contributed by atoms with Crippen molar-refractivity contribution in [1.82, 2.24) is 9.55 Å². The average molecular weight is 210 g/mol. The summed E-state index contributed by atoms with van der Waals surface area (Å²) >= 11 is 0. The van der Waals surface area contributed by atoms with E-state index in [0.29, 0.717) is 6.42 Å². The highest BCUT2D eigenvalue weighted by Crippen LogP contribution is 2.20. The molecule has 0 aliphatic rings. The van der Waals surface area contributed by atoms with Gasteiger partial charge in [-0.25, -0.2) is 4.98 Å². The quantitative estimate of drug-likeness (QED) is 0.783. The third kappa shape index (κ3) is 3.06. The largest absolute Gasteiger partial charge is 0.389 e. The number of aliphatic hydroxyl groups is 1. The fourth-order valence-electron chi connectivity index (χ4n) is 1.75. The molecule has 0 fully saturated rings. The molecule has 0 atom stereocenters. The highest BCUT2D eigenvalue weighted by atomic mass is 16.3. The van der Waals surface area contributed by atoms with Crippen molar-refractivity contribution in [1.29, 1.82) is 0 Å². The minimum atomic E-state index is -0.586. The van der Waals surface area contributed by atoms with Crippen LogP contribution in [0.3, 0.4) is 0 Å². The Hall–Kier alpha value is -0.830. The van der Waals surface area contributed by atoms with Crippen LogP contribution in [0.25, 0.3) is 0 Å². The van der Waals surface area contributed by atoms with Crippen LogP contribution >= 0.6 is 0 Å². The predicted molar refractivity (Wildman–Crippen MR) is 61.8 cm³/mol. The molecule has 0 aliphatic heterocycles. The normalized spacial score (nSPS) is 12.0. The molecular weight excluding hydrogens is 188 g/mol. The first kappa shape index (κ1) is 12.2. The molecule has 1 heterocycles. The van der Waals surface area contributed by atoms with Gasteiger partial charge in [0.05, 0.1) is 5.60 Å². The molecule has 3 nitrogen and oxygen atoms in total. The maximum atomic E-state index is 10.2.